The van der Waals surface area contributed by atoms with Gasteiger partial charge in [-0.1, -0.05) is 20.3 Å². The first-order chi connectivity index (χ1) is 5.98. The van der Waals surface area contributed by atoms with Gasteiger partial charge in [0.2, 0.25) is 10.0 Å². The normalized spacial score (nSPS) is 30.1. The first-order valence-corrected chi connectivity index (χ1v) is 6.84. The van der Waals surface area contributed by atoms with E-state index in [-0.39, 0.29) is 6.04 Å². The second-order valence-electron chi connectivity index (χ2n) is 3.97. The van der Waals surface area contributed by atoms with Crippen molar-refractivity contribution in [2.24, 2.45) is 11.8 Å². The van der Waals surface area contributed by atoms with Gasteiger partial charge in [0.25, 0.3) is 0 Å². The van der Waals surface area contributed by atoms with Crippen LogP contribution < -0.4 is 4.72 Å². The number of nitrogens with one attached hydrogen (secondary N) is 1. The lowest BCUT2D eigenvalue weighted by Gasteiger charge is -2.14. The molecule has 1 unspecified atom stereocenters. The predicted octanol–water partition coefficient (Wildman–Crippen LogP) is 1.36. The molecule has 78 valence electrons. The van der Waals surface area contributed by atoms with Crippen LogP contribution in [0.3, 0.4) is 0 Å². The number of hydrogen-bond donors (Lipinski definition) is 1. The number of sulfonamides is 1. The van der Waals surface area contributed by atoms with Crippen molar-refractivity contribution in [2.75, 3.05) is 6.26 Å². The topological polar surface area (TPSA) is 46.2 Å². The molecule has 0 aromatic carbocycles. The summed E-state index contributed by atoms with van der Waals surface area (Å²) >= 11 is 0. The Kier molecular flexibility index (Phi) is 3.35. The summed E-state index contributed by atoms with van der Waals surface area (Å²) in [5, 5.41) is 0. The van der Waals surface area contributed by atoms with Crippen LogP contribution in [0.2, 0.25) is 0 Å². The molecule has 13 heavy (non-hydrogen) atoms. The van der Waals surface area contributed by atoms with Crippen LogP contribution in [0.15, 0.2) is 0 Å². The largest absolute Gasteiger partial charge is 0.213 e. The predicted molar refractivity (Wildman–Crippen MR) is 53.9 cm³/mol. The second-order valence-corrected chi connectivity index (χ2v) is 5.75. The van der Waals surface area contributed by atoms with E-state index in [0.29, 0.717) is 5.92 Å². The van der Waals surface area contributed by atoms with Gasteiger partial charge in [-0.05, 0) is 24.7 Å². The zero-order valence-corrected chi connectivity index (χ0v) is 9.39. The molecule has 1 N–H and O–H groups in total. The van der Waals surface area contributed by atoms with Crippen molar-refractivity contribution in [1.82, 2.24) is 4.72 Å². The van der Waals surface area contributed by atoms with E-state index in [1.807, 2.05) is 6.92 Å². The summed E-state index contributed by atoms with van der Waals surface area (Å²) in [6.45, 7) is 4.20. The van der Waals surface area contributed by atoms with Crippen molar-refractivity contribution >= 4 is 10.0 Å². The maximum atomic E-state index is 11.0. The fourth-order valence-corrected chi connectivity index (χ4v) is 2.87. The van der Waals surface area contributed by atoms with Crippen LogP contribution in [0.4, 0.5) is 0 Å². The van der Waals surface area contributed by atoms with Crippen LogP contribution in [-0.2, 0) is 10.0 Å². The molecule has 1 aliphatic rings. The highest BCUT2D eigenvalue weighted by atomic mass is 32.2. The summed E-state index contributed by atoms with van der Waals surface area (Å²) in [6, 6.07) is 0.167. The first-order valence-electron chi connectivity index (χ1n) is 4.95. The van der Waals surface area contributed by atoms with Crippen molar-refractivity contribution in [1.29, 1.82) is 0 Å². The Hall–Kier alpha value is -0.0900. The second kappa shape index (κ2) is 3.96. The molecule has 0 amide bonds. The van der Waals surface area contributed by atoms with Gasteiger partial charge in [-0.15, -0.1) is 0 Å². The van der Waals surface area contributed by atoms with E-state index in [1.54, 1.807) is 0 Å². The molecule has 4 heteroatoms. The number of hydrogen-bond acceptors (Lipinski definition) is 2. The van der Waals surface area contributed by atoms with Crippen LogP contribution >= 0.6 is 0 Å². The van der Waals surface area contributed by atoms with Crippen molar-refractivity contribution in [2.45, 2.75) is 39.2 Å². The molecular weight excluding hydrogens is 186 g/mol. The third-order valence-electron chi connectivity index (χ3n) is 2.82. The van der Waals surface area contributed by atoms with Crippen molar-refractivity contribution in [3.05, 3.63) is 0 Å². The van der Waals surface area contributed by atoms with E-state index < -0.39 is 10.0 Å². The summed E-state index contributed by atoms with van der Waals surface area (Å²) in [4.78, 5) is 0. The average Bonchev–Trinajstić information content (AvgIpc) is 2.77. The highest BCUT2D eigenvalue weighted by Gasteiger charge is 2.41. The minimum Gasteiger partial charge on any atom is -0.213 e. The van der Waals surface area contributed by atoms with E-state index in [9.17, 15) is 8.42 Å². The van der Waals surface area contributed by atoms with Gasteiger partial charge in [-0.25, -0.2) is 13.1 Å². The molecule has 0 aliphatic heterocycles. The Balaban J connectivity index is 2.46. The zero-order valence-electron chi connectivity index (χ0n) is 8.58. The molecule has 1 fully saturated rings. The highest BCUT2D eigenvalue weighted by molar-refractivity contribution is 7.88. The average molecular weight is 205 g/mol. The molecule has 1 rings (SSSR count). The number of rotatable bonds is 5. The molecule has 0 spiro atoms. The lowest BCUT2D eigenvalue weighted by Crippen LogP contribution is -2.35. The van der Waals surface area contributed by atoms with E-state index in [2.05, 4.69) is 11.6 Å². The molecule has 1 saturated carbocycles. The van der Waals surface area contributed by atoms with Crippen molar-refractivity contribution < 1.29 is 8.42 Å². The molecule has 3 nitrogen and oxygen atoms in total. The van der Waals surface area contributed by atoms with Crippen LogP contribution in [0.5, 0.6) is 0 Å². The Labute approximate surface area is 81.0 Å². The van der Waals surface area contributed by atoms with Gasteiger partial charge in [0.15, 0.2) is 0 Å². The van der Waals surface area contributed by atoms with Gasteiger partial charge in [0.1, 0.15) is 0 Å². The summed E-state index contributed by atoms with van der Waals surface area (Å²) in [5.74, 6) is 1.34. The highest BCUT2D eigenvalue weighted by Crippen LogP contribution is 2.44. The molecule has 1 aliphatic carbocycles. The van der Waals surface area contributed by atoms with Gasteiger partial charge >= 0.3 is 0 Å². The quantitative estimate of drug-likeness (QED) is 0.736. The lowest BCUT2D eigenvalue weighted by molar-refractivity contribution is 0.479. The van der Waals surface area contributed by atoms with Gasteiger partial charge < -0.3 is 0 Å². The maximum absolute atomic E-state index is 11.0. The SMILES string of the molecule is CC[C@@H]1CC1[C@@H](CC)NS(C)(=O)=O. The Bertz CT molecular complexity index is 261. The van der Waals surface area contributed by atoms with Crippen LogP contribution in [0.25, 0.3) is 0 Å². The Morgan fingerprint density at radius 3 is 2.38 bits per heavy atom. The third kappa shape index (κ3) is 3.27. The van der Waals surface area contributed by atoms with Crippen molar-refractivity contribution in [3.8, 4) is 0 Å². The van der Waals surface area contributed by atoms with Gasteiger partial charge in [-0.2, -0.15) is 0 Å². The van der Waals surface area contributed by atoms with E-state index in [4.69, 9.17) is 0 Å². The monoisotopic (exact) mass is 205 g/mol. The fourth-order valence-electron chi connectivity index (χ4n) is 1.98. The lowest BCUT2D eigenvalue weighted by atomic mass is 10.1. The minimum atomic E-state index is -3.02. The molecule has 3 atom stereocenters. The standard InChI is InChI=1S/C9H19NO2S/c1-4-7-6-8(7)9(5-2)10-13(3,11)12/h7-10H,4-6H2,1-3H3/t7-,8?,9-/m1/s1. The zero-order chi connectivity index (χ0) is 10.1. The van der Waals surface area contributed by atoms with Gasteiger partial charge in [0, 0.05) is 6.04 Å². The minimum absolute atomic E-state index is 0.167. The Morgan fingerprint density at radius 1 is 1.46 bits per heavy atom. The van der Waals surface area contributed by atoms with Crippen LogP contribution in [-0.4, -0.2) is 20.7 Å². The summed E-state index contributed by atoms with van der Waals surface area (Å²) in [5.41, 5.74) is 0. The molecule has 0 aromatic heterocycles. The fraction of sp³-hybridized carbons (Fsp3) is 1.00. The molecule has 0 saturated heterocycles. The first kappa shape index (κ1) is 11.0. The van der Waals surface area contributed by atoms with Gasteiger partial charge in [0.05, 0.1) is 6.26 Å². The summed E-state index contributed by atoms with van der Waals surface area (Å²) in [7, 11) is -3.02. The molecule has 0 bridgehead atoms. The molecule has 0 heterocycles. The van der Waals surface area contributed by atoms with Crippen LogP contribution in [0.1, 0.15) is 33.1 Å². The summed E-state index contributed by atoms with van der Waals surface area (Å²) in [6.07, 6.45) is 4.50. The smallest absolute Gasteiger partial charge is 0.208 e. The third-order valence-corrected chi connectivity index (χ3v) is 3.55. The van der Waals surface area contributed by atoms with Crippen molar-refractivity contribution in [3.63, 3.8) is 0 Å². The van der Waals surface area contributed by atoms with E-state index in [1.165, 1.54) is 19.1 Å². The van der Waals surface area contributed by atoms with E-state index >= 15 is 0 Å². The molecule has 0 aromatic rings. The molecule has 0 radical (unpaired) electrons. The molecular formula is C9H19NO2S. The van der Waals surface area contributed by atoms with Crippen LogP contribution in [0, 0.1) is 11.8 Å². The maximum Gasteiger partial charge on any atom is 0.208 e. The summed E-state index contributed by atoms with van der Waals surface area (Å²) < 4.78 is 24.7. The van der Waals surface area contributed by atoms with E-state index in [0.717, 1.165) is 12.3 Å². The Morgan fingerprint density at radius 2 is 2.08 bits per heavy atom. The van der Waals surface area contributed by atoms with Gasteiger partial charge in [-0.3, -0.25) is 0 Å².